The van der Waals surface area contributed by atoms with Gasteiger partial charge < -0.3 is 5.11 Å². The Kier molecular flexibility index (Phi) is 5.57. The van der Waals surface area contributed by atoms with Crippen LogP contribution < -0.4 is 10.3 Å². The fourth-order valence-electron chi connectivity index (χ4n) is 2.99. The Bertz CT molecular complexity index is 950. The first-order valence-electron chi connectivity index (χ1n) is 8.56. The highest BCUT2D eigenvalue weighted by Crippen LogP contribution is 2.22. The summed E-state index contributed by atoms with van der Waals surface area (Å²) in [6, 6.07) is 5.82. The van der Waals surface area contributed by atoms with Crippen LogP contribution >= 0.6 is 0 Å². The van der Waals surface area contributed by atoms with Crippen molar-refractivity contribution in [3.05, 3.63) is 46.8 Å². The molecule has 9 nitrogen and oxygen atoms in total. The second-order valence-corrected chi connectivity index (χ2v) is 8.02. The molecule has 0 aliphatic heterocycles. The number of hydrazine groups is 1. The summed E-state index contributed by atoms with van der Waals surface area (Å²) in [4.78, 5) is 24.9. The lowest BCUT2D eigenvalue weighted by molar-refractivity contribution is -0.136. The standard InChI is InChI=1S/C17H20N4O5S/c22-15(23)10-7-11-5-8-12(9-6-11)27(25,26)21-20-17(24)16-13-3-1-2-4-14(13)18-19-16/h5-6,8-9,21H,1-4,7,10H2,(H,18,19)(H,20,24)(H,22,23). The van der Waals surface area contributed by atoms with E-state index in [1.54, 1.807) is 12.1 Å². The molecule has 27 heavy (non-hydrogen) atoms. The van der Waals surface area contributed by atoms with E-state index in [2.05, 4.69) is 20.5 Å². The van der Waals surface area contributed by atoms with Crippen LogP contribution in [0.4, 0.5) is 0 Å². The molecule has 0 fully saturated rings. The zero-order valence-electron chi connectivity index (χ0n) is 14.5. The Morgan fingerprint density at radius 2 is 1.85 bits per heavy atom. The second kappa shape index (κ2) is 7.89. The van der Waals surface area contributed by atoms with E-state index in [4.69, 9.17) is 5.11 Å². The Hall–Kier alpha value is -2.72. The van der Waals surface area contributed by atoms with Crippen molar-refractivity contribution in [1.29, 1.82) is 0 Å². The van der Waals surface area contributed by atoms with Crippen molar-refractivity contribution >= 4 is 21.9 Å². The maximum Gasteiger partial charge on any atom is 0.303 e. The molecule has 1 aromatic carbocycles. The number of aliphatic carboxylic acids is 1. The minimum absolute atomic E-state index is 0.0333. The first kappa shape index (κ1) is 19.1. The van der Waals surface area contributed by atoms with Gasteiger partial charge in [-0.2, -0.15) is 5.10 Å². The zero-order chi connectivity index (χ0) is 19.4. The molecule has 0 bridgehead atoms. The molecular weight excluding hydrogens is 372 g/mol. The maximum absolute atomic E-state index is 12.3. The first-order chi connectivity index (χ1) is 12.9. The van der Waals surface area contributed by atoms with Crippen molar-refractivity contribution in [2.45, 2.75) is 43.4 Å². The number of fused-ring (bicyclic) bond motifs is 1. The number of nitrogens with zero attached hydrogens (tertiary/aromatic N) is 1. The number of sulfonamides is 1. The fourth-order valence-corrected chi connectivity index (χ4v) is 3.83. The summed E-state index contributed by atoms with van der Waals surface area (Å²) in [7, 11) is -3.95. The van der Waals surface area contributed by atoms with Gasteiger partial charge >= 0.3 is 5.97 Å². The normalized spacial score (nSPS) is 13.8. The Labute approximate surface area is 156 Å². The molecule has 2 aromatic rings. The molecule has 144 valence electrons. The van der Waals surface area contributed by atoms with Gasteiger partial charge in [0.05, 0.1) is 4.90 Å². The summed E-state index contributed by atoms with van der Waals surface area (Å²) in [5.41, 5.74) is 4.86. The summed E-state index contributed by atoms with van der Waals surface area (Å²) in [5.74, 6) is -1.53. The fraction of sp³-hybridized carbons (Fsp3) is 0.353. The number of nitrogens with one attached hydrogen (secondary N) is 3. The van der Waals surface area contributed by atoms with Crippen LogP contribution in [-0.2, 0) is 34.1 Å². The highest BCUT2D eigenvalue weighted by atomic mass is 32.2. The Balaban J connectivity index is 1.63. The van der Waals surface area contributed by atoms with E-state index >= 15 is 0 Å². The predicted molar refractivity (Wildman–Crippen MR) is 95.4 cm³/mol. The summed E-state index contributed by atoms with van der Waals surface area (Å²) >= 11 is 0. The van der Waals surface area contributed by atoms with Crippen molar-refractivity contribution < 1.29 is 23.1 Å². The van der Waals surface area contributed by atoms with E-state index in [0.29, 0.717) is 12.0 Å². The van der Waals surface area contributed by atoms with Crippen molar-refractivity contribution in [2.75, 3.05) is 0 Å². The van der Waals surface area contributed by atoms with Gasteiger partial charge in [0.15, 0.2) is 5.69 Å². The van der Waals surface area contributed by atoms with Crippen LogP contribution in [0.25, 0.3) is 0 Å². The zero-order valence-corrected chi connectivity index (χ0v) is 15.3. The summed E-state index contributed by atoms with van der Waals surface area (Å²) in [5, 5.41) is 15.5. The molecule has 0 saturated heterocycles. The van der Waals surface area contributed by atoms with Gasteiger partial charge in [-0.15, -0.1) is 4.83 Å². The van der Waals surface area contributed by atoms with Crippen LogP contribution in [0.5, 0.6) is 0 Å². The van der Waals surface area contributed by atoms with E-state index in [-0.39, 0.29) is 17.0 Å². The molecule has 0 saturated carbocycles. The number of aryl methyl sites for hydroxylation is 2. The third-order valence-electron chi connectivity index (χ3n) is 4.43. The quantitative estimate of drug-likeness (QED) is 0.517. The molecular formula is C17H20N4O5S. The van der Waals surface area contributed by atoms with Gasteiger partial charge in [0, 0.05) is 17.7 Å². The minimum Gasteiger partial charge on any atom is -0.481 e. The molecule has 1 heterocycles. The van der Waals surface area contributed by atoms with E-state index in [1.165, 1.54) is 12.1 Å². The molecule has 0 spiro atoms. The lowest BCUT2D eigenvalue weighted by Crippen LogP contribution is -2.42. The summed E-state index contributed by atoms with van der Waals surface area (Å²) in [6.45, 7) is 0. The van der Waals surface area contributed by atoms with Gasteiger partial charge in [-0.05, 0) is 49.8 Å². The number of H-pyrrole nitrogens is 1. The SMILES string of the molecule is O=C(O)CCc1ccc(S(=O)(=O)NNC(=O)c2n[nH]c3c2CCCC3)cc1. The maximum atomic E-state index is 12.3. The van der Waals surface area contributed by atoms with Crippen LogP contribution in [0, 0.1) is 0 Å². The minimum atomic E-state index is -3.95. The number of rotatable bonds is 7. The summed E-state index contributed by atoms with van der Waals surface area (Å²) < 4.78 is 24.6. The largest absolute Gasteiger partial charge is 0.481 e. The number of carbonyl (C=O) groups excluding carboxylic acids is 1. The number of aromatic amines is 1. The van der Waals surface area contributed by atoms with Crippen molar-refractivity contribution in [1.82, 2.24) is 20.5 Å². The summed E-state index contributed by atoms with van der Waals surface area (Å²) in [6.07, 6.45) is 3.84. The smallest absolute Gasteiger partial charge is 0.303 e. The molecule has 1 amide bonds. The topological polar surface area (TPSA) is 141 Å². The second-order valence-electron chi connectivity index (χ2n) is 6.33. The van der Waals surface area contributed by atoms with E-state index in [9.17, 15) is 18.0 Å². The van der Waals surface area contributed by atoms with E-state index in [0.717, 1.165) is 36.9 Å². The molecule has 3 rings (SSSR count). The average Bonchev–Trinajstić information content (AvgIpc) is 3.09. The van der Waals surface area contributed by atoms with Crippen LogP contribution in [-0.4, -0.2) is 35.6 Å². The third kappa shape index (κ3) is 4.52. The van der Waals surface area contributed by atoms with Crippen molar-refractivity contribution in [3.63, 3.8) is 0 Å². The van der Waals surface area contributed by atoms with Crippen LogP contribution in [0.3, 0.4) is 0 Å². The van der Waals surface area contributed by atoms with Gasteiger partial charge in [-0.1, -0.05) is 12.1 Å². The monoisotopic (exact) mass is 392 g/mol. The number of aromatic nitrogens is 2. The van der Waals surface area contributed by atoms with Crippen molar-refractivity contribution in [3.8, 4) is 0 Å². The Morgan fingerprint density at radius 1 is 1.15 bits per heavy atom. The third-order valence-corrected chi connectivity index (χ3v) is 5.70. The van der Waals surface area contributed by atoms with Gasteiger partial charge in [0.25, 0.3) is 15.9 Å². The molecule has 1 aromatic heterocycles. The molecule has 4 N–H and O–H groups in total. The number of amides is 1. The lowest BCUT2D eigenvalue weighted by Gasteiger charge is -2.12. The van der Waals surface area contributed by atoms with Gasteiger partial charge in [0.2, 0.25) is 0 Å². The molecule has 1 aliphatic rings. The first-order valence-corrected chi connectivity index (χ1v) is 10.0. The molecule has 10 heteroatoms. The van der Waals surface area contributed by atoms with E-state index in [1.807, 2.05) is 0 Å². The van der Waals surface area contributed by atoms with Crippen molar-refractivity contribution in [2.24, 2.45) is 0 Å². The van der Waals surface area contributed by atoms with E-state index < -0.39 is 21.9 Å². The molecule has 0 radical (unpaired) electrons. The number of hydrogen-bond acceptors (Lipinski definition) is 5. The average molecular weight is 392 g/mol. The highest BCUT2D eigenvalue weighted by molar-refractivity contribution is 7.89. The van der Waals surface area contributed by atoms with Gasteiger partial charge in [-0.3, -0.25) is 20.1 Å². The molecule has 0 atom stereocenters. The van der Waals surface area contributed by atoms with Crippen LogP contribution in [0.2, 0.25) is 0 Å². The molecule has 1 aliphatic carbocycles. The number of carboxylic acids is 1. The Morgan fingerprint density at radius 3 is 2.56 bits per heavy atom. The predicted octanol–water partition coefficient (Wildman–Crippen LogP) is 0.929. The lowest BCUT2D eigenvalue weighted by atomic mass is 9.96. The van der Waals surface area contributed by atoms with Gasteiger partial charge in [-0.25, -0.2) is 8.42 Å². The number of hydrogen-bond donors (Lipinski definition) is 4. The number of carbonyl (C=O) groups is 2. The molecule has 0 unspecified atom stereocenters. The van der Waals surface area contributed by atoms with Gasteiger partial charge in [0.1, 0.15) is 0 Å². The van der Waals surface area contributed by atoms with Crippen LogP contribution in [0.15, 0.2) is 29.2 Å². The highest BCUT2D eigenvalue weighted by Gasteiger charge is 2.23. The van der Waals surface area contributed by atoms with Crippen LogP contribution in [0.1, 0.15) is 46.6 Å². The number of benzene rings is 1. The number of carboxylic acid groups (broad SMARTS) is 1.